The van der Waals surface area contributed by atoms with Gasteiger partial charge in [-0.25, -0.2) is 0 Å². The van der Waals surface area contributed by atoms with Crippen LogP contribution in [0.3, 0.4) is 0 Å². The highest BCUT2D eigenvalue weighted by Crippen LogP contribution is 2.39. The first-order valence-electron chi connectivity index (χ1n) is 6.48. The van der Waals surface area contributed by atoms with Crippen LogP contribution in [0.4, 0.5) is 5.00 Å². The van der Waals surface area contributed by atoms with Crippen LogP contribution in [-0.2, 0) is 10.3 Å². The van der Waals surface area contributed by atoms with Crippen LogP contribution in [0.2, 0.25) is 0 Å². The third-order valence-electron chi connectivity index (χ3n) is 3.81. The molecule has 0 atom stereocenters. The molecular formula is C13H17N3O2S. The fourth-order valence-electron chi connectivity index (χ4n) is 2.66. The average molecular weight is 279 g/mol. The number of methoxy groups -OCH3 is 1. The molecule has 1 saturated carbocycles. The standard InChI is InChI=1S/C13H17N3O2S/c1-17-13(6-3-2-4-7-13)12-15-11(18-16-12)9-5-8-19-10(9)14/h5,8H,2-4,6-7,14H2,1H3. The molecule has 0 bridgehead atoms. The van der Waals surface area contributed by atoms with Crippen LogP contribution in [0.1, 0.15) is 37.9 Å². The van der Waals surface area contributed by atoms with Crippen molar-refractivity contribution < 1.29 is 9.26 Å². The number of ether oxygens (including phenoxy) is 1. The maximum atomic E-state index is 5.89. The first kappa shape index (κ1) is 12.6. The number of nitrogens with two attached hydrogens (primary N) is 1. The van der Waals surface area contributed by atoms with E-state index in [9.17, 15) is 0 Å². The number of anilines is 1. The summed E-state index contributed by atoms with van der Waals surface area (Å²) in [4.78, 5) is 4.50. The Bertz CT molecular complexity index is 558. The predicted octanol–water partition coefficient (Wildman–Crippen LogP) is 3.19. The SMILES string of the molecule is COC1(c2noc(-c3ccsc3N)n2)CCCCC1. The van der Waals surface area contributed by atoms with Gasteiger partial charge in [-0.05, 0) is 24.3 Å². The minimum absolute atomic E-state index is 0.384. The van der Waals surface area contributed by atoms with Gasteiger partial charge in [0, 0.05) is 7.11 Å². The minimum Gasteiger partial charge on any atom is -0.390 e. The fourth-order valence-corrected chi connectivity index (χ4v) is 3.29. The second-order valence-corrected chi connectivity index (χ2v) is 5.83. The maximum Gasteiger partial charge on any atom is 0.261 e. The molecule has 0 amide bonds. The van der Waals surface area contributed by atoms with Gasteiger partial charge in [0.15, 0.2) is 0 Å². The van der Waals surface area contributed by atoms with Gasteiger partial charge in [-0.15, -0.1) is 11.3 Å². The van der Waals surface area contributed by atoms with E-state index in [1.807, 2.05) is 11.4 Å². The highest BCUT2D eigenvalue weighted by Gasteiger charge is 2.38. The van der Waals surface area contributed by atoms with Crippen molar-refractivity contribution in [3.05, 3.63) is 17.3 Å². The normalized spacial score (nSPS) is 18.6. The summed E-state index contributed by atoms with van der Waals surface area (Å²) in [5.41, 5.74) is 6.31. The Labute approximate surface area is 115 Å². The molecule has 2 heterocycles. The van der Waals surface area contributed by atoms with E-state index in [0.717, 1.165) is 31.2 Å². The van der Waals surface area contributed by atoms with Crippen LogP contribution < -0.4 is 5.73 Å². The zero-order valence-electron chi connectivity index (χ0n) is 10.9. The Kier molecular flexibility index (Phi) is 3.28. The van der Waals surface area contributed by atoms with E-state index in [2.05, 4.69) is 10.1 Å². The highest BCUT2D eigenvalue weighted by molar-refractivity contribution is 7.14. The molecule has 3 rings (SSSR count). The number of nitrogen functional groups attached to an aromatic ring is 1. The Balaban J connectivity index is 1.94. The van der Waals surface area contributed by atoms with Crippen molar-refractivity contribution in [1.29, 1.82) is 0 Å². The molecule has 1 aliphatic rings. The molecule has 1 aliphatic carbocycles. The molecule has 0 saturated heterocycles. The molecule has 0 spiro atoms. The molecule has 6 heteroatoms. The Morgan fingerprint density at radius 2 is 2.16 bits per heavy atom. The van der Waals surface area contributed by atoms with Crippen molar-refractivity contribution in [3.8, 4) is 11.5 Å². The lowest BCUT2D eigenvalue weighted by Gasteiger charge is -2.32. The van der Waals surface area contributed by atoms with Crippen molar-refractivity contribution in [2.24, 2.45) is 0 Å². The van der Waals surface area contributed by atoms with Gasteiger partial charge < -0.3 is 15.0 Å². The van der Waals surface area contributed by atoms with Crippen molar-refractivity contribution in [2.45, 2.75) is 37.7 Å². The van der Waals surface area contributed by atoms with Crippen molar-refractivity contribution in [3.63, 3.8) is 0 Å². The molecule has 1 fully saturated rings. The van der Waals surface area contributed by atoms with Crippen LogP contribution >= 0.6 is 11.3 Å². The van der Waals surface area contributed by atoms with Gasteiger partial charge in [-0.1, -0.05) is 24.4 Å². The fraction of sp³-hybridized carbons (Fsp3) is 0.538. The molecule has 2 N–H and O–H groups in total. The monoisotopic (exact) mass is 279 g/mol. The second-order valence-electron chi connectivity index (χ2n) is 4.88. The van der Waals surface area contributed by atoms with E-state index >= 15 is 0 Å². The first-order chi connectivity index (χ1) is 9.25. The summed E-state index contributed by atoms with van der Waals surface area (Å²) in [7, 11) is 1.72. The van der Waals surface area contributed by atoms with E-state index in [-0.39, 0.29) is 5.60 Å². The van der Waals surface area contributed by atoms with Crippen LogP contribution in [0.15, 0.2) is 16.0 Å². The van der Waals surface area contributed by atoms with Gasteiger partial charge in [0.1, 0.15) is 5.60 Å². The number of aromatic nitrogens is 2. The van der Waals surface area contributed by atoms with Gasteiger partial charge in [-0.3, -0.25) is 0 Å². The van der Waals surface area contributed by atoms with Gasteiger partial charge >= 0.3 is 0 Å². The summed E-state index contributed by atoms with van der Waals surface area (Å²) in [5.74, 6) is 1.13. The van der Waals surface area contributed by atoms with Gasteiger partial charge in [0.2, 0.25) is 5.82 Å². The van der Waals surface area contributed by atoms with Gasteiger partial charge in [0.05, 0.1) is 10.6 Å². The summed E-state index contributed by atoms with van der Waals surface area (Å²) >= 11 is 1.47. The summed E-state index contributed by atoms with van der Waals surface area (Å²) in [6.45, 7) is 0. The molecule has 0 unspecified atom stereocenters. The third kappa shape index (κ3) is 2.15. The number of thiophene rings is 1. The van der Waals surface area contributed by atoms with Crippen LogP contribution in [0, 0.1) is 0 Å². The lowest BCUT2D eigenvalue weighted by atomic mass is 9.84. The van der Waals surface area contributed by atoms with Crippen molar-refractivity contribution in [1.82, 2.24) is 10.1 Å². The lowest BCUT2D eigenvalue weighted by Crippen LogP contribution is -2.32. The largest absolute Gasteiger partial charge is 0.390 e. The van der Waals surface area contributed by atoms with Crippen LogP contribution in [0.5, 0.6) is 0 Å². The molecule has 2 aromatic rings. The zero-order valence-corrected chi connectivity index (χ0v) is 11.7. The lowest BCUT2D eigenvalue weighted by molar-refractivity contribution is -0.0527. The van der Waals surface area contributed by atoms with Crippen LogP contribution in [-0.4, -0.2) is 17.3 Å². The second kappa shape index (κ2) is 4.94. The smallest absolute Gasteiger partial charge is 0.261 e. The highest BCUT2D eigenvalue weighted by atomic mass is 32.1. The summed E-state index contributed by atoms with van der Waals surface area (Å²) in [5, 5.41) is 6.74. The number of hydrogen-bond donors (Lipinski definition) is 1. The quantitative estimate of drug-likeness (QED) is 0.934. The van der Waals surface area contributed by atoms with Crippen molar-refractivity contribution >= 4 is 16.3 Å². The number of hydrogen-bond acceptors (Lipinski definition) is 6. The first-order valence-corrected chi connectivity index (χ1v) is 7.36. The molecule has 102 valence electrons. The average Bonchev–Trinajstić information content (AvgIpc) is 3.08. The van der Waals surface area contributed by atoms with E-state index in [1.165, 1.54) is 17.8 Å². The molecule has 2 aromatic heterocycles. The number of rotatable bonds is 3. The Hall–Kier alpha value is -1.40. The minimum atomic E-state index is -0.384. The van der Waals surface area contributed by atoms with E-state index in [0.29, 0.717) is 16.7 Å². The van der Waals surface area contributed by atoms with E-state index < -0.39 is 0 Å². The summed E-state index contributed by atoms with van der Waals surface area (Å²) < 4.78 is 11.1. The maximum absolute atomic E-state index is 5.89. The molecule has 5 nitrogen and oxygen atoms in total. The predicted molar refractivity (Wildman–Crippen MR) is 73.8 cm³/mol. The summed E-state index contributed by atoms with van der Waals surface area (Å²) in [6, 6.07) is 1.90. The Morgan fingerprint density at radius 3 is 2.79 bits per heavy atom. The molecular weight excluding hydrogens is 262 g/mol. The third-order valence-corrected chi connectivity index (χ3v) is 4.56. The van der Waals surface area contributed by atoms with E-state index in [1.54, 1.807) is 7.11 Å². The summed E-state index contributed by atoms with van der Waals surface area (Å²) in [6.07, 6.45) is 5.41. The molecule has 0 aromatic carbocycles. The molecule has 0 radical (unpaired) electrons. The van der Waals surface area contributed by atoms with Gasteiger partial charge in [-0.2, -0.15) is 4.98 Å². The topological polar surface area (TPSA) is 74.2 Å². The van der Waals surface area contributed by atoms with E-state index in [4.69, 9.17) is 15.0 Å². The van der Waals surface area contributed by atoms with Gasteiger partial charge in [0.25, 0.3) is 5.89 Å². The molecule has 19 heavy (non-hydrogen) atoms. The Morgan fingerprint density at radius 1 is 1.37 bits per heavy atom. The van der Waals surface area contributed by atoms with Crippen molar-refractivity contribution in [2.75, 3.05) is 12.8 Å². The van der Waals surface area contributed by atoms with Crippen LogP contribution in [0.25, 0.3) is 11.5 Å². The molecule has 0 aliphatic heterocycles. The number of nitrogens with zero attached hydrogens (tertiary/aromatic N) is 2. The zero-order chi connectivity index (χ0) is 13.3.